The fourth-order valence-corrected chi connectivity index (χ4v) is 5.05. The zero-order chi connectivity index (χ0) is 18.2. The van der Waals surface area contributed by atoms with Gasteiger partial charge in [0.2, 0.25) is 0 Å². The highest BCUT2D eigenvalue weighted by Crippen LogP contribution is 2.66. The number of anilines is 4. The lowest BCUT2D eigenvalue weighted by Crippen LogP contribution is -2.64. The maximum Gasteiger partial charge on any atom is 0.162 e. The molecule has 0 fully saturated rings. The average molecular weight is 353 g/mol. The Labute approximate surface area is 158 Å². The van der Waals surface area contributed by atoms with E-state index in [9.17, 15) is 0 Å². The molecule has 1 aliphatic carbocycles. The lowest BCUT2D eigenvalue weighted by molar-refractivity contribution is 0.174. The molecule has 0 bridgehead atoms. The molecular formula is C22H19N5. The lowest BCUT2D eigenvalue weighted by atomic mass is 9.50. The van der Waals surface area contributed by atoms with E-state index in [-0.39, 0.29) is 17.0 Å². The molecule has 6 rings (SSSR count). The number of aromatic nitrogens is 3. The summed E-state index contributed by atoms with van der Waals surface area (Å²) in [7, 11) is 0. The molecule has 5 heteroatoms. The number of allylic oxidation sites excluding steroid dienone is 1. The number of nitrogens with zero attached hydrogens (tertiary/aromatic N) is 5. The fourth-order valence-electron chi connectivity index (χ4n) is 5.05. The van der Waals surface area contributed by atoms with Crippen molar-refractivity contribution in [3.8, 4) is 0 Å². The molecule has 132 valence electrons. The van der Waals surface area contributed by atoms with Gasteiger partial charge in [-0.1, -0.05) is 44.2 Å². The molecule has 3 unspecified atom stereocenters. The van der Waals surface area contributed by atoms with Crippen LogP contribution in [0.3, 0.4) is 0 Å². The highest BCUT2D eigenvalue weighted by molar-refractivity contribution is 5.89. The molecule has 0 saturated heterocycles. The van der Waals surface area contributed by atoms with Crippen molar-refractivity contribution in [2.75, 3.05) is 9.80 Å². The molecule has 2 aromatic heterocycles. The first kappa shape index (κ1) is 14.9. The number of para-hydroxylation sites is 1. The number of rotatable bonds is 1. The third-order valence-electron chi connectivity index (χ3n) is 6.71. The van der Waals surface area contributed by atoms with Gasteiger partial charge in [-0.25, -0.2) is 9.97 Å². The van der Waals surface area contributed by atoms with Crippen LogP contribution in [-0.4, -0.2) is 21.1 Å². The molecule has 0 radical (unpaired) electrons. The monoisotopic (exact) mass is 353 g/mol. The summed E-state index contributed by atoms with van der Waals surface area (Å²) in [5.41, 5.74) is 4.58. The van der Waals surface area contributed by atoms with Gasteiger partial charge < -0.3 is 9.80 Å². The average Bonchev–Trinajstić information content (AvgIpc) is 3.07. The molecule has 3 atom stereocenters. The molecule has 0 N–H and O–H groups in total. The van der Waals surface area contributed by atoms with Gasteiger partial charge >= 0.3 is 0 Å². The second kappa shape index (κ2) is 4.74. The van der Waals surface area contributed by atoms with Crippen molar-refractivity contribution in [3.05, 3.63) is 79.0 Å². The minimum Gasteiger partial charge on any atom is -0.314 e. The first-order valence-corrected chi connectivity index (χ1v) is 9.23. The van der Waals surface area contributed by atoms with Gasteiger partial charge in [0, 0.05) is 22.7 Å². The third-order valence-corrected chi connectivity index (χ3v) is 6.71. The third kappa shape index (κ3) is 1.59. The number of hydrogen-bond acceptors (Lipinski definition) is 5. The molecular weight excluding hydrogens is 334 g/mol. The van der Waals surface area contributed by atoms with E-state index in [1.54, 1.807) is 6.33 Å². The van der Waals surface area contributed by atoms with E-state index in [0.717, 1.165) is 17.2 Å². The van der Waals surface area contributed by atoms with Crippen LogP contribution in [0, 0.1) is 5.41 Å². The van der Waals surface area contributed by atoms with E-state index in [2.05, 4.69) is 81.1 Å². The maximum atomic E-state index is 4.67. The van der Waals surface area contributed by atoms with E-state index in [4.69, 9.17) is 0 Å². The summed E-state index contributed by atoms with van der Waals surface area (Å²) >= 11 is 0. The summed E-state index contributed by atoms with van der Waals surface area (Å²) in [4.78, 5) is 18.1. The van der Waals surface area contributed by atoms with Gasteiger partial charge in [0.25, 0.3) is 0 Å². The van der Waals surface area contributed by atoms with Crippen molar-refractivity contribution >= 4 is 22.9 Å². The molecule has 0 saturated carbocycles. The van der Waals surface area contributed by atoms with E-state index >= 15 is 0 Å². The standard InChI is InChI=1S/C22H19N5/c1-21-9-10-22(21,2)20-26(15-6-5-11-23-12-15)19-18(13-24-14-25-19)27(20)17-8-4-3-7-16(17)21/h3-14,20H,1-2H3. The molecule has 2 aliphatic heterocycles. The normalized spacial score (nSPS) is 29.5. The van der Waals surface area contributed by atoms with Crippen LogP contribution in [0.1, 0.15) is 19.4 Å². The topological polar surface area (TPSA) is 45.2 Å². The van der Waals surface area contributed by atoms with Crippen molar-refractivity contribution in [3.63, 3.8) is 0 Å². The zero-order valence-electron chi connectivity index (χ0n) is 15.2. The quantitative estimate of drug-likeness (QED) is 0.609. The van der Waals surface area contributed by atoms with Gasteiger partial charge in [-0.15, -0.1) is 0 Å². The smallest absolute Gasteiger partial charge is 0.162 e. The Morgan fingerprint density at radius 3 is 2.56 bits per heavy atom. The second-order valence-electron chi connectivity index (χ2n) is 7.89. The Balaban J connectivity index is 1.69. The molecule has 4 heterocycles. The molecule has 27 heavy (non-hydrogen) atoms. The molecule has 3 aromatic rings. The Kier molecular flexibility index (Phi) is 2.62. The highest BCUT2D eigenvalue weighted by Gasteiger charge is 2.63. The van der Waals surface area contributed by atoms with E-state index in [0.29, 0.717) is 0 Å². The largest absolute Gasteiger partial charge is 0.314 e. The van der Waals surface area contributed by atoms with Crippen LogP contribution in [0.15, 0.2) is 73.5 Å². The number of hydrogen-bond donors (Lipinski definition) is 0. The number of fused-ring (bicyclic) bond motifs is 8. The Morgan fingerprint density at radius 1 is 0.889 bits per heavy atom. The van der Waals surface area contributed by atoms with Crippen LogP contribution in [0.5, 0.6) is 0 Å². The summed E-state index contributed by atoms with van der Waals surface area (Å²) in [5.74, 6) is 0.934. The summed E-state index contributed by atoms with van der Waals surface area (Å²) in [6.45, 7) is 4.70. The molecule has 3 aliphatic rings. The van der Waals surface area contributed by atoms with Gasteiger partial charge in [-0.05, 0) is 23.8 Å². The van der Waals surface area contributed by atoms with Crippen molar-refractivity contribution in [1.82, 2.24) is 15.0 Å². The fraction of sp³-hybridized carbons (Fsp3) is 0.227. The molecule has 1 aromatic carbocycles. The van der Waals surface area contributed by atoms with Crippen molar-refractivity contribution < 1.29 is 0 Å². The SMILES string of the molecule is CC12C=CC1(C)C1N(c3ccccc32)c2cncnc2N1c1cccnc1. The maximum absolute atomic E-state index is 4.67. The van der Waals surface area contributed by atoms with Gasteiger partial charge in [-0.3, -0.25) is 4.98 Å². The first-order valence-electron chi connectivity index (χ1n) is 9.23. The molecule has 0 spiro atoms. The summed E-state index contributed by atoms with van der Waals surface area (Å²) in [6, 6.07) is 12.8. The first-order chi connectivity index (χ1) is 13.2. The number of benzene rings is 1. The van der Waals surface area contributed by atoms with Gasteiger partial charge in [0.15, 0.2) is 5.82 Å². The van der Waals surface area contributed by atoms with Crippen LogP contribution >= 0.6 is 0 Å². The predicted octanol–water partition coefficient (Wildman–Crippen LogP) is 4.33. The van der Waals surface area contributed by atoms with E-state index in [1.165, 1.54) is 11.3 Å². The van der Waals surface area contributed by atoms with Crippen LogP contribution in [0.4, 0.5) is 22.9 Å². The van der Waals surface area contributed by atoms with Crippen molar-refractivity contribution in [1.29, 1.82) is 0 Å². The van der Waals surface area contributed by atoms with Crippen LogP contribution in [0.25, 0.3) is 0 Å². The lowest BCUT2D eigenvalue weighted by Gasteiger charge is -2.61. The molecule has 0 amide bonds. The zero-order valence-corrected chi connectivity index (χ0v) is 15.2. The Bertz CT molecular complexity index is 1090. The highest BCUT2D eigenvalue weighted by atomic mass is 15.5. The molecule has 5 nitrogen and oxygen atoms in total. The van der Waals surface area contributed by atoms with Crippen LogP contribution in [0.2, 0.25) is 0 Å². The Morgan fingerprint density at radius 2 is 1.78 bits per heavy atom. The van der Waals surface area contributed by atoms with Gasteiger partial charge in [0.05, 0.1) is 18.1 Å². The predicted molar refractivity (Wildman–Crippen MR) is 105 cm³/mol. The van der Waals surface area contributed by atoms with Crippen molar-refractivity contribution in [2.45, 2.75) is 25.4 Å². The summed E-state index contributed by atoms with van der Waals surface area (Å²) in [5, 5.41) is 0. The minimum absolute atomic E-state index is 0.0271. The van der Waals surface area contributed by atoms with E-state index in [1.807, 2.05) is 24.7 Å². The summed E-state index contributed by atoms with van der Waals surface area (Å²) in [6.07, 6.45) is 12.1. The summed E-state index contributed by atoms with van der Waals surface area (Å²) < 4.78 is 0. The van der Waals surface area contributed by atoms with E-state index < -0.39 is 0 Å². The number of pyridine rings is 1. The van der Waals surface area contributed by atoms with Crippen LogP contribution < -0.4 is 9.80 Å². The Hall–Kier alpha value is -3.21. The van der Waals surface area contributed by atoms with Crippen LogP contribution in [-0.2, 0) is 5.41 Å². The van der Waals surface area contributed by atoms with Crippen molar-refractivity contribution in [2.24, 2.45) is 5.41 Å². The second-order valence-corrected chi connectivity index (χ2v) is 7.89. The van der Waals surface area contributed by atoms with Gasteiger partial charge in [-0.2, -0.15) is 0 Å². The minimum atomic E-state index is -0.0715. The van der Waals surface area contributed by atoms with Gasteiger partial charge in [0.1, 0.15) is 18.2 Å².